The molecule has 0 atom stereocenters. The second-order valence-electron chi connectivity index (χ2n) is 2.35. The lowest BCUT2D eigenvalue weighted by atomic mass is 10.2. The van der Waals surface area contributed by atoms with Crippen molar-refractivity contribution in [2.24, 2.45) is 0 Å². The Morgan fingerprint density at radius 3 is 2.92 bits per heavy atom. The molecule has 0 aromatic rings. The van der Waals surface area contributed by atoms with Crippen LogP contribution in [-0.2, 0) is 0 Å². The van der Waals surface area contributed by atoms with Crippen molar-refractivity contribution in [2.75, 3.05) is 12.8 Å². The highest BCUT2D eigenvalue weighted by Crippen LogP contribution is 1.93. The maximum Gasteiger partial charge on any atom is 0.324 e. The van der Waals surface area contributed by atoms with E-state index in [-0.39, 0.29) is 6.03 Å². The number of nitrogens with one attached hydrogen (secondary N) is 2. The van der Waals surface area contributed by atoms with Crippen LogP contribution < -0.4 is 10.0 Å². The van der Waals surface area contributed by atoms with Crippen molar-refractivity contribution in [1.29, 1.82) is 0 Å². The summed E-state index contributed by atoms with van der Waals surface area (Å²) in [5.41, 5.74) is 0. The van der Waals surface area contributed by atoms with Gasteiger partial charge in [-0.25, -0.2) is 4.79 Å². The molecule has 70 valence electrons. The minimum absolute atomic E-state index is 0.110. The van der Waals surface area contributed by atoms with E-state index in [2.05, 4.69) is 16.6 Å². The molecule has 0 heterocycles. The van der Waals surface area contributed by atoms with Crippen LogP contribution >= 0.6 is 11.9 Å². The van der Waals surface area contributed by atoms with E-state index in [4.69, 9.17) is 0 Å². The Morgan fingerprint density at radius 1 is 1.58 bits per heavy atom. The van der Waals surface area contributed by atoms with Crippen LogP contribution in [0.3, 0.4) is 0 Å². The fourth-order valence-corrected chi connectivity index (χ4v) is 1.00. The quantitative estimate of drug-likeness (QED) is 0.380. The molecule has 12 heavy (non-hydrogen) atoms. The molecule has 0 aliphatic carbocycles. The van der Waals surface area contributed by atoms with Gasteiger partial charge in [-0.2, -0.15) is 0 Å². The summed E-state index contributed by atoms with van der Waals surface area (Å²) in [6.07, 6.45) is 6.82. The molecule has 0 aliphatic rings. The molecule has 0 fully saturated rings. The fourth-order valence-electron chi connectivity index (χ4n) is 0.744. The Hall–Kier alpha value is -0.640. The van der Waals surface area contributed by atoms with Gasteiger partial charge in [0.25, 0.3) is 0 Å². The third kappa shape index (κ3) is 7.47. The van der Waals surface area contributed by atoms with Gasteiger partial charge in [0, 0.05) is 12.8 Å². The van der Waals surface area contributed by atoms with Crippen LogP contribution in [0, 0.1) is 0 Å². The first-order chi connectivity index (χ1) is 5.81. The van der Waals surface area contributed by atoms with Crippen molar-refractivity contribution < 1.29 is 4.79 Å². The van der Waals surface area contributed by atoms with Crippen LogP contribution in [0.4, 0.5) is 4.79 Å². The van der Waals surface area contributed by atoms with E-state index in [9.17, 15) is 4.79 Å². The molecule has 0 spiro atoms. The minimum atomic E-state index is -0.110. The molecule has 0 saturated heterocycles. The second-order valence-corrected chi connectivity index (χ2v) is 2.96. The molecule has 0 bridgehead atoms. The largest absolute Gasteiger partial charge is 0.337 e. The van der Waals surface area contributed by atoms with Gasteiger partial charge in [-0.15, -0.1) is 6.58 Å². The lowest BCUT2D eigenvalue weighted by Gasteiger charge is -2.03. The maximum absolute atomic E-state index is 10.8. The van der Waals surface area contributed by atoms with Crippen LogP contribution in [-0.4, -0.2) is 18.8 Å². The lowest BCUT2D eigenvalue weighted by Crippen LogP contribution is -2.31. The Kier molecular flexibility index (Phi) is 8.01. The molecule has 3 nitrogen and oxygen atoms in total. The zero-order valence-electron chi connectivity index (χ0n) is 7.43. The van der Waals surface area contributed by atoms with E-state index in [0.29, 0.717) is 0 Å². The van der Waals surface area contributed by atoms with Crippen LogP contribution in [0.25, 0.3) is 0 Å². The second kappa shape index (κ2) is 8.46. The maximum atomic E-state index is 10.8. The smallest absolute Gasteiger partial charge is 0.324 e. The molecule has 4 heteroatoms. The molecule has 0 unspecified atom stereocenters. The average molecular weight is 188 g/mol. The van der Waals surface area contributed by atoms with E-state index in [1.807, 2.05) is 12.3 Å². The van der Waals surface area contributed by atoms with Gasteiger partial charge >= 0.3 is 6.03 Å². The number of hydrogen-bond acceptors (Lipinski definition) is 2. The highest BCUT2D eigenvalue weighted by atomic mass is 32.2. The molecule has 0 aromatic carbocycles. The van der Waals surface area contributed by atoms with Crippen molar-refractivity contribution in [2.45, 2.75) is 19.3 Å². The average Bonchev–Trinajstić information content (AvgIpc) is 2.05. The number of unbranched alkanes of at least 4 members (excludes halogenated alkanes) is 2. The Balaban J connectivity index is 3.08. The number of urea groups is 1. The van der Waals surface area contributed by atoms with Crippen LogP contribution in [0.15, 0.2) is 12.7 Å². The molecule has 0 saturated carbocycles. The summed E-state index contributed by atoms with van der Waals surface area (Å²) in [6.45, 7) is 4.36. The first-order valence-electron chi connectivity index (χ1n) is 3.99. The zero-order valence-corrected chi connectivity index (χ0v) is 8.25. The minimum Gasteiger partial charge on any atom is -0.337 e. The lowest BCUT2D eigenvalue weighted by molar-refractivity contribution is 0.246. The SMILES string of the molecule is C=CCCCCNC(=O)NSC. The predicted molar refractivity (Wildman–Crippen MR) is 54.1 cm³/mol. The van der Waals surface area contributed by atoms with Crippen LogP contribution in [0.1, 0.15) is 19.3 Å². The summed E-state index contributed by atoms with van der Waals surface area (Å²) in [6, 6.07) is -0.110. The number of carbonyl (C=O) groups is 1. The van der Waals surface area contributed by atoms with Crippen molar-refractivity contribution in [3.8, 4) is 0 Å². The van der Waals surface area contributed by atoms with E-state index in [0.717, 1.165) is 25.8 Å². The van der Waals surface area contributed by atoms with E-state index in [1.165, 1.54) is 11.9 Å². The van der Waals surface area contributed by atoms with Crippen LogP contribution in [0.2, 0.25) is 0 Å². The van der Waals surface area contributed by atoms with Gasteiger partial charge in [0.2, 0.25) is 0 Å². The van der Waals surface area contributed by atoms with Crippen molar-refractivity contribution in [3.05, 3.63) is 12.7 Å². The van der Waals surface area contributed by atoms with Gasteiger partial charge in [-0.1, -0.05) is 18.0 Å². The molecular weight excluding hydrogens is 172 g/mol. The monoisotopic (exact) mass is 188 g/mol. The topological polar surface area (TPSA) is 41.1 Å². The zero-order chi connectivity index (χ0) is 9.23. The summed E-state index contributed by atoms with van der Waals surface area (Å²) in [5, 5.41) is 2.74. The van der Waals surface area contributed by atoms with E-state index < -0.39 is 0 Å². The van der Waals surface area contributed by atoms with Gasteiger partial charge in [-0.05, 0) is 19.3 Å². The van der Waals surface area contributed by atoms with Gasteiger partial charge in [0.05, 0.1) is 0 Å². The number of rotatable bonds is 6. The summed E-state index contributed by atoms with van der Waals surface area (Å²) >= 11 is 1.30. The van der Waals surface area contributed by atoms with Crippen molar-refractivity contribution in [3.63, 3.8) is 0 Å². The number of carbonyl (C=O) groups excluding carboxylic acids is 1. The normalized spacial score (nSPS) is 9.08. The standard InChI is InChI=1S/C8H16N2OS/c1-3-4-5-6-7-9-8(11)10-12-2/h3H,1,4-7H2,2H3,(H2,9,10,11). The van der Waals surface area contributed by atoms with Crippen molar-refractivity contribution >= 4 is 18.0 Å². The Bertz CT molecular complexity index is 139. The van der Waals surface area contributed by atoms with Gasteiger partial charge < -0.3 is 5.32 Å². The number of allylic oxidation sites excluding steroid dienone is 1. The highest BCUT2D eigenvalue weighted by molar-refractivity contribution is 7.97. The highest BCUT2D eigenvalue weighted by Gasteiger charge is 1.95. The van der Waals surface area contributed by atoms with E-state index >= 15 is 0 Å². The summed E-state index contributed by atoms with van der Waals surface area (Å²) in [5.74, 6) is 0. The molecule has 2 N–H and O–H groups in total. The number of hydrogen-bond donors (Lipinski definition) is 2. The first kappa shape index (κ1) is 11.4. The van der Waals surface area contributed by atoms with Crippen molar-refractivity contribution in [1.82, 2.24) is 10.0 Å². The molecule has 0 rings (SSSR count). The summed E-state index contributed by atoms with van der Waals surface area (Å²) < 4.78 is 2.58. The Labute approximate surface area is 78.1 Å². The molecular formula is C8H16N2OS. The van der Waals surface area contributed by atoms with Gasteiger partial charge in [0.1, 0.15) is 0 Å². The molecule has 0 aliphatic heterocycles. The molecule has 2 amide bonds. The third-order valence-corrected chi connectivity index (χ3v) is 1.70. The van der Waals surface area contributed by atoms with Gasteiger partial charge in [0.15, 0.2) is 0 Å². The first-order valence-corrected chi connectivity index (χ1v) is 5.21. The molecule has 0 aromatic heterocycles. The molecule has 0 radical (unpaired) electrons. The summed E-state index contributed by atoms with van der Waals surface area (Å²) in [7, 11) is 0. The van der Waals surface area contributed by atoms with Crippen LogP contribution in [0.5, 0.6) is 0 Å². The third-order valence-electron chi connectivity index (χ3n) is 1.32. The Morgan fingerprint density at radius 2 is 2.33 bits per heavy atom. The van der Waals surface area contributed by atoms with E-state index in [1.54, 1.807) is 0 Å². The van der Waals surface area contributed by atoms with Gasteiger partial charge in [-0.3, -0.25) is 4.72 Å². The summed E-state index contributed by atoms with van der Waals surface area (Å²) in [4.78, 5) is 10.8. The number of amides is 2. The fraction of sp³-hybridized carbons (Fsp3) is 0.625. The predicted octanol–water partition coefficient (Wildman–Crippen LogP) is 1.92.